The van der Waals surface area contributed by atoms with E-state index in [2.05, 4.69) is 20.3 Å². The van der Waals surface area contributed by atoms with Crippen LogP contribution in [0.1, 0.15) is 41.7 Å². The fourth-order valence-electron chi connectivity index (χ4n) is 2.94. The van der Waals surface area contributed by atoms with Crippen molar-refractivity contribution in [2.24, 2.45) is 0 Å². The largest absolute Gasteiger partial charge is 0.366 e. The van der Waals surface area contributed by atoms with E-state index in [1.165, 1.54) is 25.7 Å². The lowest BCUT2D eigenvalue weighted by Crippen LogP contribution is -2.29. The SMILES string of the molecule is CN(CCc1ccncc1)C(=O)c1cnc(NC2CCCC2)cn1. The monoisotopic (exact) mass is 325 g/mol. The standard InChI is InChI=1S/C18H23N5O/c1-23(11-8-14-6-9-19-10-7-14)18(24)16-12-21-17(13-20-16)22-15-4-2-3-5-15/h6-7,9-10,12-13,15H,2-5,8,11H2,1H3,(H,21,22). The van der Waals surface area contributed by atoms with Crippen molar-refractivity contribution in [3.05, 3.63) is 48.2 Å². The molecule has 1 saturated carbocycles. The summed E-state index contributed by atoms with van der Waals surface area (Å²) in [6.07, 6.45) is 12.4. The predicted octanol–water partition coefficient (Wildman–Crippen LogP) is 2.54. The molecule has 3 rings (SSSR count). The maximum Gasteiger partial charge on any atom is 0.273 e. The molecule has 1 amide bonds. The number of likely N-dealkylation sites (N-methyl/N-ethyl adjacent to an activating group) is 1. The molecule has 0 aliphatic heterocycles. The van der Waals surface area contributed by atoms with Crippen LogP contribution in [0.5, 0.6) is 0 Å². The van der Waals surface area contributed by atoms with E-state index in [1.807, 2.05) is 12.1 Å². The molecule has 6 heteroatoms. The van der Waals surface area contributed by atoms with Crippen LogP contribution in [0.15, 0.2) is 36.9 Å². The molecule has 1 N–H and O–H groups in total. The summed E-state index contributed by atoms with van der Waals surface area (Å²) in [5.74, 6) is 0.641. The van der Waals surface area contributed by atoms with Gasteiger partial charge in [0.25, 0.3) is 5.91 Å². The van der Waals surface area contributed by atoms with E-state index in [9.17, 15) is 4.79 Å². The van der Waals surface area contributed by atoms with Gasteiger partial charge in [0.05, 0.1) is 12.4 Å². The van der Waals surface area contributed by atoms with Gasteiger partial charge in [-0.3, -0.25) is 9.78 Å². The van der Waals surface area contributed by atoms with Crippen LogP contribution >= 0.6 is 0 Å². The lowest BCUT2D eigenvalue weighted by molar-refractivity contribution is 0.0790. The summed E-state index contributed by atoms with van der Waals surface area (Å²) in [7, 11) is 1.79. The second-order valence-corrected chi connectivity index (χ2v) is 6.24. The Morgan fingerprint density at radius 3 is 2.62 bits per heavy atom. The van der Waals surface area contributed by atoms with Gasteiger partial charge in [-0.15, -0.1) is 0 Å². The van der Waals surface area contributed by atoms with Gasteiger partial charge in [0.1, 0.15) is 11.5 Å². The Balaban J connectivity index is 1.53. The normalized spacial score (nSPS) is 14.5. The van der Waals surface area contributed by atoms with E-state index in [0.29, 0.717) is 18.3 Å². The third kappa shape index (κ3) is 4.28. The van der Waals surface area contributed by atoms with Crippen LogP contribution in [0.2, 0.25) is 0 Å². The van der Waals surface area contributed by atoms with E-state index >= 15 is 0 Å². The van der Waals surface area contributed by atoms with Gasteiger partial charge in [-0.2, -0.15) is 0 Å². The zero-order valence-corrected chi connectivity index (χ0v) is 14.0. The summed E-state index contributed by atoms with van der Waals surface area (Å²) in [6.45, 7) is 0.632. The van der Waals surface area contributed by atoms with Crippen molar-refractivity contribution in [2.75, 3.05) is 18.9 Å². The summed E-state index contributed by atoms with van der Waals surface area (Å²) in [6, 6.07) is 4.41. The molecule has 2 aromatic rings. The molecule has 1 fully saturated rings. The molecule has 0 saturated heterocycles. The van der Waals surface area contributed by atoms with E-state index in [0.717, 1.165) is 17.8 Å². The van der Waals surface area contributed by atoms with Crippen molar-refractivity contribution in [3.8, 4) is 0 Å². The second kappa shape index (κ2) is 7.86. The zero-order chi connectivity index (χ0) is 16.8. The van der Waals surface area contributed by atoms with Crippen LogP contribution in [-0.2, 0) is 6.42 Å². The molecule has 0 radical (unpaired) electrons. The van der Waals surface area contributed by atoms with Gasteiger partial charge >= 0.3 is 0 Å². The van der Waals surface area contributed by atoms with E-state index < -0.39 is 0 Å². The number of hydrogen-bond acceptors (Lipinski definition) is 5. The number of aromatic nitrogens is 3. The first-order valence-corrected chi connectivity index (χ1v) is 8.45. The number of amides is 1. The number of carbonyl (C=O) groups is 1. The molecule has 0 spiro atoms. The predicted molar refractivity (Wildman–Crippen MR) is 92.8 cm³/mol. The zero-order valence-electron chi connectivity index (χ0n) is 14.0. The Morgan fingerprint density at radius 1 is 1.21 bits per heavy atom. The molecule has 126 valence electrons. The maximum atomic E-state index is 12.4. The second-order valence-electron chi connectivity index (χ2n) is 6.24. The average Bonchev–Trinajstić information content (AvgIpc) is 3.13. The lowest BCUT2D eigenvalue weighted by Gasteiger charge is -2.17. The number of pyridine rings is 1. The van der Waals surface area contributed by atoms with Gasteiger partial charge in [0, 0.05) is 32.0 Å². The molecule has 24 heavy (non-hydrogen) atoms. The van der Waals surface area contributed by atoms with Gasteiger partial charge in [0.2, 0.25) is 0 Å². The number of carbonyl (C=O) groups excluding carboxylic acids is 1. The van der Waals surface area contributed by atoms with Gasteiger partial charge in [-0.05, 0) is 37.0 Å². The smallest absolute Gasteiger partial charge is 0.273 e. The highest BCUT2D eigenvalue weighted by molar-refractivity contribution is 5.91. The molecular weight excluding hydrogens is 302 g/mol. The van der Waals surface area contributed by atoms with Crippen molar-refractivity contribution < 1.29 is 4.79 Å². The fourth-order valence-corrected chi connectivity index (χ4v) is 2.94. The number of hydrogen-bond donors (Lipinski definition) is 1. The van der Waals surface area contributed by atoms with Gasteiger partial charge in [-0.1, -0.05) is 12.8 Å². The van der Waals surface area contributed by atoms with Crippen molar-refractivity contribution in [3.63, 3.8) is 0 Å². The molecule has 0 bridgehead atoms. The van der Waals surface area contributed by atoms with Gasteiger partial charge in [-0.25, -0.2) is 9.97 Å². The third-order valence-electron chi connectivity index (χ3n) is 4.41. The number of nitrogens with zero attached hydrogens (tertiary/aromatic N) is 4. The van der Waals surface area contributed by atoms with Crippen LogP contribution in [-0.4, -0.2) is 45.4 Å². The van der Waals surface area contributed by atoms with Crippen molar-refractivity contribution in [1.82, 2.24) is 19.9 Å². The first-order valence-electron chi connectivity index (χ1n) is 8.45. The minimum Gasteiger partial charge on any atom is -0.366 e. The lowest BCUT2D eigenvalue weighted by atomic mass is 10.2. The highest BCUT2D eigenvalue weighted by Crippen LogP contribution is 2.21. The Hall–Kier alpha value is -2.50. The van der Waals surface area contributed by atoms with Crippen molar-refractivity contribution in [1.29, 1.82) is 0 Å². The molecular formula is C18H23N5O. The quantitative estimate of drug-likeness (QED) is 0.884. The highest BCUT2D eigenvalue weighted by Gasteiger charge is 2.17. The number of anilines is 1. The van der Waals surface area contributed by atoms with Gasteiger partial charge < -0.3 is 10.2 Å². The van der Waals surface area contributed by atoms with E-state index in [4.69, 9.17) is 0 Å². The maximum absolute atomic E-state index is 12.4. The number of nitrogens with one attached hydrogen (secondary N) is 1. The van der Waals surface area contributed by atoms with Crippen LogP contribution in [0, 0.1) is 0 Å². The van der Waals surface area contributed by atoms with Crippen LogP contribution in [0.3, 0.4) is 0 Å². The first kappa shape index (κ1) is 16.4. The minimum absolute atomic E-state index is 0.107. The van der Waals surface area contributed by atoms with Crippen LogP contribution in [0.4, 0.5) is 5.82 Å². The highest BCUT2D eigenvalue weighted by atomic mass is 16.2. The van der Waals surface area contributed by atoms with Gasteiger partial charge in [0.15, 0.2) is 0 Å². The van der Waals surface area contributed by atoms with E-state index in [1.54, 1.807) is 36.7 Å². The third-order valence-corrected chi connectivity index (χ3v) is 4.41. The Morgan fingerprint density at radius 2 is 1.96 bits per heavy atom. The first-order chi connectivity index (χ1) is 11.7. The topological polar surface area (TPSA) is 71.0 Å². The molecule has 6 nitrogen and oxygen atoms in total. The molecule has 2 aromatic heterocycles. The molecule has 1 aliphatic carbocycles. The molecule has 0 atom stereocenters. The summed E-state index contributed by atoms with van der Waals surface area (Å²) in [4.78, 5) is 26.7. The molecule has 1 aliphatic rings. The molecule has 0 aromatic carbocycles. The van der Waals surface area contributed by atoms with E-state index in [-0.39, 0.29) is 5.91 Å². The summed E-state index contributed by atoms with van der Waals surface area (Å²) >= 11 is 0. The summed E-state index contributed by atoms with van der Waals surface area (Å²) < 4.78 is 0. The van der Waals surface area contributed by atoms with Crippen molar-refractivity contribution in [2.45, 2.75) is 38.1 Å². The molecule has 0 unspecified atom stereocenters. The summed E-state index contributed by atoms with van der Waals surface area (Å²) in [5.41, 5.74) is 1.54. The minimum atomic E-state index is -0.107. The fraction of sp³-hybridized carbons (Fsp3) is 0.444. The Bertz CT molecular complexity index is 653. The van der Waals surface area contributed by atoms with Crippen LogP contribution in [0.25, 0.3) is 0 Å². The van der Waals surface area contributed by atoms with Crippen molar-refractivity contribution >= 4 is 11.7 Å². The molecule has 2 heterocycles. The average molecular weight is 325 g/mol. The number of rotatable bonds is 6. The Kier molecular flexibility index (Phi) is 5.36. The Labute approximate surface area is 142 Å². The van der Waals surface area contributed by atoms with Crippen LogP contribution < -0.4 is 5.32 Å². The summed E-state index contributed by atoms with van der Waals surface area (Å²) in [5, 5.41) is 3.38.